The van der Waals surface area contributed by atoms with Crippen molar-refractivity contribution in [3.8, 4) is 0 Å². The summed E-state index contributed by atoms with van der Waals surface area (Å²) in [5.41, 5.74) is -2.59. The van der Waals surface area contributed by atoms with Crippen molar-refractivity contribution in [3.05, 3.63) is 71.8 Å². The summed E-state index contributed by atoms with van der Waals surface area (Å²) in [6.07, 6.45) is -4.63. The first kappa shape index (κ1) is 18.0. The van der Waals surface area contributed by atoms with Crippen molar-refractivity contribution in [1.82, 2.24) is 0 Å². The Balaban J connectivity index is 2.19. The van der Waals surface area contributed by atoms with E-state index in [2.05, 4.69) is 4.74 Å². The lowest BCUT2D eigenvalue weighted by Crippen LogP contribution is -2.51. The number of esters is 1. The van der Waals surface area contributed by atoms with E-state index in [0.717, 1.165) is 12.7 Å². The fraction of sp³-hybridized carbons (Fsp3) is 0.278. The molecular weight excluding hydrogens is 321 g/mol. The SMILES string of the molecule is CO[C@](C(=O)OCCc1ccccc1)(c1ccccc1)C(F)(F)F. The van der Waals surface area contributed by atoms with Gasteiger partial charge in [0, 0.05) is 19.1 Å². The van der Waals surface area contributed by atoms with Crippen LogP contribution in [-0.2, 0) is 26.3 Å². The van der Waals surface area contributed by atoms with Crippen molar-refractivity contribution in [2.45, 2.75) is 18.2 Å². The Morgan fingerprint density at radius 2 is 1.50 bits per heavy atom. The van der Waals surface area contributed by atoms with Crippen LogP contribution in [0.15, 0.2) is 60.7 Å². The van der Waals surface area contributed by atoms with Crippen LogP contribution >= 0.6 is 0 Å². The molecule has 6 heteroatoms. The van der Waals surface area contributed by atoms with E-state index in [1.54, 1.807) is 30.3 Å². The van der Waals surface area contributed by atoms with Gasteiger partial charge in [0.15, 0.2) is 0 Å². The number of halogens is 3. The molecule has 0 saturated carbocycles. The molecule has 2 aromatic carbocycles. The zero-order valence-corrected chi connectivity index (χ0v) is 13.0. The van der Waals surface area contributed by atoms with Gasteiger partial charge in [0.25, 0.3) is 5.60 Å². The number of carbonyl (C=O) groups is 1. The molecule has 0 unspecified atom stereocenters. The second kappa shape index (κ2) is 7.49. The van der Waals surface area contributed by atoms with E-state index < -0.39 is 17.7 Å². The summed E-state index contributed by atoms with van der Waals surface area (Å²) in [6, 6.07) is 15.8. The van der Waals surface area contributed by atoms with Crippen molar-refractivity contribution in [2.24, 2.45) is 0 Å². The van der Waals surface area contributed by atoms with Gasteiger partial charge in [-0.05, 0) is 5.56 Å². The summed E-state index contributed by atoms with van der Waals surface area (Å²) in [5, 5.41) is 0. The normalized spacial score (nSPS) is 14.0. The van der Waals surface area contributed by atoms with E-state index in [1.807, 2.05) is 6.07 Å². The number of ether oxygens (including phenoxy) is 2. The molecule has 3 nitrogen and oxygen atoms in total. The molecule has 0 N–H and O–H groups in total. The van der Waals surface area contributed by atoms with Crippen molar-refractivity contribution in [2.75, 3.05) is 13.7 Å². The highest BCUT2D eigenvalue weighted by atomic mass is 19.4. The van der Waals surface area contributed by atoms with E-state index in [0.29, 0.717) is 6.42 Å². The van der Waals surface area contributed by atoms with Crippen molar-refractivity contribution < 1.29 is 27.4 Å². The van der Waals surface area contributed by atoms with E-state index in [4.69, 9.17) is 4.74 Å². The Kier molecular flexibility index (Phi) is 5.62. The molecule has 2 aromatic rings. The van der Waals surface area contributed by atoms with Crippen LogP contribution in [0.5, 0.6) is 0 Å². The minimum atomic E-state index is -4.95. The number of hydrogen-bond donors (Lipinski definition) is 0. The zero-order valence-electron chi connectivity index (χ0n) is 13.0. The van der Waals surface area contributed by atoms with E-state index in [9.17, 15) is 18.0 Å². The molecule has 0 aromatic heterocycles. The second-order valence-electron chi connectivity index (χ2n) is 5.12. The van der Waals surface area contributed by atoms with Crippen molar-refractivity contribution in [3.63, 3.8) is 0 Å². The predicted molar refractivity (Wildman–Crippen MR) is 82.3 cm³/mol. The summed E-state index contributed by atoms with van der Waals surface area (Å²) in [7, 11) is 0.846. The third-order valence-electron chi connectivity index (χ3n) is 3.64. The summed E-state index contributed by atoms with van der Waals surface area (Å²) in [5.74, 6) is -1.47. The van der Waals surface area contributed by atoms with Crippen LogP contribution in [0.1, 0.15) is 11.1 Å². The van der Waals surface area contributed by atoms with Gasteiger partial charge in [0.1, 0.15) is 0 Å². The van der Waals surface area contributed by atoms with Gasteiger partial charge in [-0.15, -0.1) is 0 Å². The molecule has 0 saturated heterocycles. The standard InChI is InChI=1S/C18H17F3O3/c1-23-17(18(19,20)21,15-10-6-3-7-11-15)16(22)24-13-12-14-8-4-2-5-9-14/h2-11H,12-13H2,1H3/t17-/m0/s1. The van der Waals surface area contributed by atoms with Gasteiger partial charge in [0.2, 0.25) is 0 Å². The summed E-state index contributed by atoms with van der Waals surface area (Å²) in [6.45, 7) is -0.170. The molecule has 0 bridgehead atoms. The van der Waals surface area contributed by atoms with Gasteiger partial charge in [-0.2, -0.15) is 13.2 Å². The molecule has 2 rings (SSSR count). The molecule has 0 aliphatic carbocycles. The Bertz CT molecular complexity index is 656. The van der Waals surface area contributed by atoms with Gasteiger partial charge in [-0.3, -0.25) is 0 Å². The first-order valence-corrected chi connectivity index (χ1v) is 7.30. The maximum Gasteiger partial charge on any atom is 0.432 e. The summed E-state index contributed by atoms with van der Waals surface area (Å²) < 4.78 is 50.5. The summed E-state index contributed by atoms with van der Waals surface area (Å²) >= 11 is 0. The topological polar surface area (TPSA) is 35.5 Å². The molecular formula is C18H17F3O3. The number of carbonyl (C=O) groups excluding carboxylic acids is 1. The van der Waals surface area contributed by atoms with Gasteiger partial charge in [-0.25, -0.2) is 4.79 Å². The zero-order chi connectivity index (χ0) is 17.6. The second-order valence-corrected chi connectivity index (χ2v) is 5.12. The van der Waals surface area contributed by atoms with Gasteiger partial charge in [0.05, 0.1) is 6.61 Å². The Morgan fingerprint density at radius 1 is 0.958 bits per heavy atom. The van der Waals surface area contributed by atoms with E-state index in [1.165, 1.54) is 24.3 Å². The number of hydrogen-bond acceptors (Lipinski definition) is 3. The first-order valence-electron chi connectivity index (χ1n) is 7.30. The van der Waals surface area contributed by atoms with Crippen LogP contribution in [0.25, 0.3) is 0 Å². The molecule has 0 fully saturated rings. The lowest BCUT2D eigenvalue weighted by atomic mass is 9.93. The molecule has 1 atom stereocenters. The predicted octanol–water partition coefficient (Wildman–Crippen LogP) is 3.88. The third-order valence-corrected chi connectivity index (χ3v) is 3.64. The smallest absolute Gasteiger partial charge is 0.432 e. The van der Waals surface area contributed by atoms with Crippen LogP contribution in [0.4, 0.5) is 13.2 Å². The molecule has 0 spiro atoms. The number of methoxy groups -OCH3 is 1. The van der Waals surface area contributed by atoms with E-state index >= 15 is 0 Å². The molecule has 0 aliphatic heterocycles. The minimum absolute atomic E-state index is 0.170. The van der Waals surface area contributed by atoms with Crippen molar-refractivity contribution in [1.29, 1.82) is 0 Å². The van der Waals surface area contributed by atoms with Crippen LogP contribution in [0.3, 0.4) is 0 Å². The molecule has 0 radical (unpaired) electrons. The van der Waals surface area contributed by atoms with Crippen LogP contribution in [-0.4, -0.2) is 25.9 Å². The van der Waals surface area contributed by atoms with Gasteiger partial charge < -0.3 is 9.47 Å². The average Bonchev–Trinajstić information content (AvgIpc) is 2.57. The molecule has 0 heterocycles. The highest BCUT2D eigenvalue weighted by molar-refractivity contribution is 5.82. The number of rotatable bonds is 6. The van der Waals surface area contributed by atoms with Crippen LogP contribution < -0.4 is 0 Å². The highest BCUT2D eigenvalue weighted by Crippen LogP contribution is 2.42. The fourth-order valence-corrected chi connectivity index (χ4v) is 2.39. The molecule has 24 heavy (non-hydrogen) atoms. The quantitative estimate of drug-likeness (QED) is 0.750. The summed E-state index contributed by atoms with van der Waals surface area (Å²) in [4.78, 5) is 12.3. The van der Waals surface area contributed by atoms with E-state index in [-0.39, 0.29) is 12.2 Å². The largest absolute Gasteiger partial charge is 0.463 e. The monoisotopic (exact) mass is 338 g/mol. The van der Waals surface area contributed by atoms with Crippen LogP contribution in [0, 0.1) is 0 Å². The fourth-order valence-electron chi connectivity index (χ4n) is 2.39. The van der Waals surface area contributed by atoms with Crippen molar-refractivity contribution >= 4 is 5.97 Å². The maximum atomic E-state index is 13.6. The number of benzene rings is 2. The Hall–Kier alpha value is -2.34. The maximum absolute atomic E-state index is 13.6. The molecule has 0 aliphatic rings. The van der Waals surface area contributed by atoms with Crippen LogP contribution in [0.2, 0.25) is 0 Å². The van der Waals surface area contributed by atoms with Gasteiger partial charge >= 0.3 is 12.1 Å². The highest BCUT2D eigenvalue weighted by Gasteiger charge is 2.64. The lowest BCUT2D eigenvalue weighted by Gasteiger charge is -2.32. The molecule has 128 valence electrons. The first-order chi connectivity index (χ1) is 11.4. The Labute approximate surface area is 138 Å². The van der Waals surface area contributed by atoms with Gasteiger partial charge in [-0.1, -0.05) is 60.7 Å². The number of alkyl halides is 3. The minimum Gasteiger partial charge on any atom is -0.463 e. The average molecular weight is 338 g/mol. The Morgan fingerprint density at radius 3 is 2.00 bits per heavy atom. The lowest BCUT2D eigenvalue weighted by molar-refractivity contribution is -0.276. The molecule has 0 amide bonds. The third kappa shape index (κ3) is 3.59.